The molecule has 1 unspecified atom stereocenters. The molecule has 0 aliphatic heterocycles. The highest BCUT2D eigenvalue weighted by Crippen LogP contribution is 2.11. The van der Waals surface area contributed by atoms with E-state index in [0.29, 0.717) is 5.56 Å². The van der Waals surface area contributed by atoms with E-state index in [4.69, 9.17) is 9.84 Å². The number of rotatable bonds is 5. The van der Waals surface area contributed by atoms with Crippen molar-refractivity contribution < 1.29 is 19.7 Å². The molecule has 0 saturated carbocycles. The van der Waals surface area contributed by atoms with Crippen molar-refractivity contribution in [1.29, 1.82) is 0 Å². The van der Waals surface area contributed by atoms with Crippen LogP contribution in [0.2, 0.25) is 19.1 Å². The van der Waals surface area contributed by atoms with Crippen molar-refractivity contribution in [1.82, 2.24) is 0 Å². The van der Waals surface area contributed by atoms with Crippen molar-refractivity contribution >= 4 is 14.8 Å². The number of phenols is 1. The van der Waals surface area contributed by atoms with E-state index in [1.54, 1.807) is 0 Å². The number of aliphatic hydroxyl groups is 1. The van der Waals surface area contributed by atoms with Crippen LogP contribution in [0.1, 0.15) is 10.4 Å². The summed E-state index contributed by atoms with van der Waals surface area (Å²) in [5.41, 5.74) is 0.372. The van der Waals surface area contributed by atoms with Crippen LogP contribution in [0, 0.1) is 0 Å². The standard InChI is InChI=1S/C12H18O4Si/c1-17(2)8-11(14)7-16-12(15)9-3-5-10(13)6-4-9/h3-6,11,13-14,17H,7-8H2,1-2H3. The maximum Gasteiger partial charge on any atom is 0.338 e. The molecule has 94 valence electrons. The van der Waals surface area contributed by atoms with Crippen molar-refractivity contribution in [2.45, 2.75) is 25.2 Å². The van der Waals surface area contributed by atoms with E-state index in [0.717, 1.165) is 6.04 Å². The van der Waals surface area contributed by atoms with Crippen LogP contribution < -0.4 is 0 Å². The molecule has 17 heavy (non-hydrogen) atoms. The van der Waals surface area contributed by atoms with Crippen LogP contribution in [0.25, 0.3) is 0 Å². The fourth-order valence-electron chi connectivity index (χ4n) is 1.46. The highest BCUT2D eigenvalue weighted by atomic mass is 28.3. The van der Waals surface area contributed by atoms with Gasteiger partial charge in [-0.05, 0) is 30.3 Å². The Labute approximate surface area is 102 Å². The van der Waals surface area contributed by atoms with Crippen LogP contribution in [0.5, 0.6) is 5.75 Å². The van der Waals surface area contributed by atoms with Crippen LogP contribution in [0.15, 0.2) is 24.3 Å². The van der Waals surface area contributed by atoms with Crippen molar-refractivity contribution in [3.63, 3.8) is 0 Å². The maximum absolute atomic E-state index is 11.5. The average Bonchev–Trinajstić information content (AvgIpc) is 2.26. The minimum atomic E-state index is -0.846. The first-order valence-electron chi connectivity index (χ1n) is 5.63. The summed E-state index contributed by atoms with van der Waals surface area (Å²) in [6.07, 6.45) is -0.567. The van der Waals surface area contributed by atoms with Gasteiger partial charge in [-0.15, -0.1) is 0 Å². The summed E-state index contributed by atoms with van der Waals surface area (Å²) in [5, 5.41) is 18.6. The second-order valence-corrected chi connectivity index (χ2v) is 7.69. The number of carbonyl (C=O) groups is 1. The largest absolute Gasteiger partial charge is 0.508 e. The molecule has 1 aromatic rings. The van der Waals surface area contributed by atoms with Crippen molar-refractivity contribution in [2.24, 2.45) is 0 Å². The molecule has 1 aromatic carbocycles. The zero-order chi connectivity index (χ0) is 12.8. The van der Waals surface area contributed by atoms with Gasteiger partial charge >= 0.3 is 5.97 Å². The lowest BCUT2D eigenvalue weighted by Gasteiger charge is -2.12. The minimum Gasteiger partial charge on any atom is -0.508 e. The van der Waals surface area contributed by atoms with Gasteiger partial charge in [0.25, 0.3) is 0 Å². The third-order valence-electron chi connectivity index (χ3n) is 2.25. The molecule has 1 rings (SSSR count). The number of carbonyl (C=O) groups excluding carboxylic acids is 1. The summed E-state index contributed by atoms with van der Waals surface area (Å²) in [6, 6.07) is 6.56. The average molecular weight is 254 g/mol. The van der Waals surface area contributed by atoms with Crippen LogP contribution in [-0.2, 0) is 4.74 Å². The molecule has 0 aromatic heterocycles. The van der Waals surface area contributed by atoms with E-state index in [1.807, 2.05) is 0 Å². The summed E-state index contributed by atoms with van der Waals surface area (Å²) in [6.45, 7) is 4.29. The second kappa shape index (κ2) is 6.41. The zero-order valence-electron chi connectivity index (χ0n) is 10.1. The van der Waals surface area contributed by atoms with Gasteiger partial charge in [-0.25, -0.2) is 4.79 Å². The van der Waals surface area contributed by atoms with E-state index in [2.05, 4.69) is 13.1 Å². The third kappa shape index (κ3) is 5.01. The lowest BCUT2D eigenvalue weighted by Crippen LogP contribution is -2.22. The molecule has 0 saturated heterocycles. The van der Waals surface area contributed by atoms with Gasteiger partial charge in [-0.2, -0.15) is 0 Å². The van der Waals surface area contributed by atoms with Gasteiger partial charge in [0.2, 0.25) is 0 Å². The van der Waals surface area contributed by atoms with Crippen molar-refractivity contribution in [3.8, 4) is 5.75 Å². The molecule has 4 nitrogen and oxygen atoms in total. The summed E-state index contributed by atoms with van der Waals surface area (Å²) in [4.78, 5) is 11.5. The van der Waals surface area contributed by atoms with Gasteiger partial charge in [0.1, 0.15) is 12.4 Å². The molecule has 5 heteroatoms. The molecule has 0 aliphatic carbocycles. The first kappa shape index (κ1) is 13.7. The molecule has 0 aliphatic rings. The normalized spacial score (nSPS) is 12.5. The Bertz CT molecular complexity index is 361. The minimum absolute atomic E-state index is 0.0326. The van der Waals surface area contributed by atoms with E-state index in [1.165, 1.54) is 24.3 Å². The number of aromatic hydroxyl groups is 1. The predicted molar refractivity (Wildman–Crippen MR) is 68.1 cm³/mol. The highest BCUT2D eigenvalue weighted by molar-refractivity contribution is 6.55. The monoisotopic (exact) mass is 254 g/mol. The van der Waals surface area contributed by atoms with E-state index >= 15 is 0 Å². The summed E-state index contributed by atoms with van der Waals surface area (Å²) in [7, 11) is -0.846. The SMILES string of the molecule is C[SiH](C)CC(O)COC(=O)c1ccc(O)cc1. The smallest absolute Gasteiger partial charge is 0.338 e. The van der Waals surface area contributed by atoms with E-state index in [9.17, 15) is 9.90 Å². The number of phenolic OH excluding ortho intramolecular Hbond substituents is 1. The number of aliphatic hydroxyl groups excluding tert-OH is 1. The maximum atomic E-state index is 11.5. The molecule has 0 bridgehead atoms. The Kier molecular flexibility index (Phi) is 5.18. The van der Waals surface area contributed by atoms with Crippen LogP contribution in [0.3, 0.4) is 0 Å². The number of benzene rings is 1. The third-order valence-corrected chi connectivity index (χ3v) is 3.74. The molecule has 2 N–H and O–H groups in total. The molecule has 1 atom stereocenters. The topological polar surface area (TPSA) is 66.8 Å². The molecule has 0 heterocycles. The fourth-order valence-corrected chi connectivity index (χ4v) is 2.69. The van der Waals surface area contributed by atoms with E-state index < -0.39 is 20.9 Å². The Morgan fingerprint density at radius 1 is 1.35 bits per heavy atom. The number of hydrogen-bond acceptors (Lipinski definition) is 4. The van der Waals surface area contributed by atoms with Crippen molar-refractivity contribution in [2.75, 3.05) is 6.61 Å². The van der Waals surface area contributed by atoms with Gasteiger partial charge in [-0.1, -0.05) is 13.1 Å². The molecule has 0 amide bonds. The van der Waals surface area contributed by atoms with Gasteiger partial charge in [0, 0.05) is 8.80 Å². The Hall–Kier alpha value is -1.33. The summed E-state index contributed by atoms with van der Waals surface area (Å²) in [5.74, 6) is -0.373. The molecule has 0 radical (unpaired) electrons. The fraction of sp³-hybridized carbons (Fsp3) is 0.417. The van der Waals surface area contributed by atoms with Gasteiger partial charge in [0.15, 0.2) is 0 Å². The second-order valence-electron chi connectivity index (χ2n) is 4.43. The van der Waals surface area contributed by atoms with Gasteiger partial charge in [0.05, 0.1) is 11.7 Å². The molecule has 0 spiro atoms. The number of ether oxygens (including phenoxy) is 1. The quantitative estimate of drug-likeness (QED) is 0.615. The lowest BCUT2D eigenvalue weighted by molar-refractivity contribution is 0.0295. The van der Waals surface area contributed by atoms with Crippen LogP contribution in [-0.4, -0.2) is 37.7 Å². The lowest BCUT2D eigenvalue weighted by atomic mass is 10.2. The van der Waals surface area contributed by atoms with Gasteiger partial charge in [-0.3, -0.25) is 0 Å². The molecule has 0 fully saturated rings. The van der Waals surface area contributed by atoms with Crippen molar-refractivity contribution in [3.05, 3.63) is 29.8 Å². The first-order valence-corrected chi connectivity index (χ1v) is 8.76. The van der Waals surface area contributed by atoms with E-state index in [-0.39, 0.29) is 12.4 Å². The summed E-state index contributed by atoms with van der Waals surface area (Å²) >= 11 is 0. The van der Waals surface area contributed by atoms with Gasteiger partial charge < -0.3 is 14.9 Å². The van der Waals surface area contributed by atoms with Crippen LogP contribution in [0.4, 0.5) is 0 Å². The Morgan fingerprint density at radius 3 is 2.47 bits per heavy atom. The summed E-state index contributed by atoms with van der Waals surface area (Å²) < 4.78 is 4.98. The Morgan fingerprint density at radius 2 is 1.94 bits per heavy atom. The first-order chi connectivity index (χ1) is 7.99. The number of esters is 1. The Balaban J connectivity index is 2.42. The predicted octanol–water partition coefficient (Wildman–Crippen LogP) is 1.40. The highest BCUT2D eigenvalue weighted by Gasteiger charge is 2.12. The zero-order valence-corrected chi connectivity index (χ0v) is 11.2. The molecular weight excluding hydrogens is 236 g/mol. The number of hydrogen-bond donors (Lipinski definition) is 2. The van der Waals surface area contributed by atoms with Crippen LogP contribution >= 0.6 is 0 Å². The molecular formula is C12H18O4Si.